The molecule has 0 amide bonds. The lowest BCUT2D eigenvalue weighted by Crippen LogP contribution is -2.37. The molecule has 2 aromatic rings. The number of hydrogen-bond acceptors (Lipinski definition) is 3. The van der Waals surface area contributed by atoms with Gasteiger partial charge >= 0.3 is 0 Å². The minimum atomic E-state index is 0.341. The van der Waals surface area contributed by atoms with Crippen molar-refractivity contribution in [3.63, 3.8) is 0 Å². The van der Waals surface area contributed by atoms with Crippen molar-refractivity contribution in [1.29, 1.82) is 0 Å². The minimum Gasteiger partial charge on any atom is -0.271 e. The molecule has 0 bridgehead atoms. The van der Waals surface area contributed by atoms with Gasteiger partial charge in [-0.2, -0.15) is 0 Å². The van der Waals surface area contributed by atoms with Crippen LogP contribution in [-0.2, 0) is 12.8 Å². The molecule has 1 aromatic heterocycles. The number of rotatable bonds is 6. The third-order valence-corrected chi connectivity index (χ3v) is 4.22. The predicted molar refractivity (Wildman–Crippen MR) is 78.6 cm³/mol. The van der Waals surface area contributed by atoms with E-state index >= 15 is 0 Å². The Hall–Kier alpha value is -1.16. The molecule has 0 aliphatic heterocycles. The average molecular weight is 260 g/mol. The lowest BCUT2D eigenvalue weighted by Gasteiger charge is -2.16. The number of hydrazine groups is 1. The fourth-order valence-electron chi connectivity index (χ4n) is 2.12. The zero-order valence-electron chi connectivity index (χ0n) is 10.7. The minimum absolute atomic E-state index is 0.341. The van der Waals surface area contributed by atoms with Crippen LogP contribution in [-0.4, -0.2) is 6.04 Å². The molecule has 96 valence electrons. The number of hydrogen-bond donors (Lipinski definition) is 2. The third kappa shape index (κ3) is 3.67. The Labute approximate surface area is 113 Å². The molecule has 0 saturated heterocycles. The Morgan fingerprint density at radius 1 is 1.22 bits per heavy atom. The number of aryl methyl sites for hydroxylation is 2. The number of nitrogens with one attached hydrogen (secondary N) is 1. The monoisotopic (exact) mass is 260 g/mol. The second-order valence-corrected chi connectivity index (χ2v) is 5.64. The van der Waals surface area contributed by atoms with Gasteiger partial charge in [0.1, 0.15) is 0 Å². The molecule has 2 rings (SSSR count). The standard InChI is InChI=1S/C15H20N2S/c1-12-5-2-3-6-13(12)11-14(17-16)8-9-15-7-4-10-18-15/h2-7,10,14,17H,8-9,11,16H2,1H3. The summed E-state index contributed by atoms with van der Waals surface area (Å²) in [7, 11) is 0. The second kappa shape index (κ2) is 6.69. The quantitative estimate of drug-likeness (QED) is 0.619. The maximum atomic E-state index is 5.66. The van der Waals surface area contributed by atoms with Gasteiger partial charge in [-0.25, -0.2) is 0 Å². The topological polar surface area (TPSA) is 38.0 Å². The molecule has 0 saturated carbocycles. The molecule has 1 atom stereocenters. The summed E-state index contributed by atoms with van der Waals surface area (Å²) in [5, 5.41) is 2.13. The summed E-state index contributed by atoms with van der Waals surface area (Å²) in [5.74, 6) is 5.66. The molecular formula is C15H20N2S. The highest BCUT2D eigenvalue weighted by Gasteiger charge is 2.09. The Kier molecular flexibility index (Phi) is 4.93. The lowest BCUT2D eigenvalue weighted by atomic mass is 9.98. The molecule has 0 radical (unpaired) electrons. The van der Waals surface area contributed by atoms with Gasteiger partial charge in [0.2, 0.25) is 0 Å². The maximum absolute atomic E-state index is 5.66. The first kappa shape index (κ1) is 13.3. The molecule has 3 N–H and O–H groups in total. The van der Waals surface area contributed by atoms with Gasteiger partial charge in [-0.3, -0.25) is 11.3 Å². The van der Waals surface area contributed by atoms with E-state index in [4.69, 9.17) is 5.84 Å². The van der Waals surface area contributed by atoms with Gasteiger partial charge in [-0.05, 0) is 48.8 Å². The highest BCUT2D eigenvalue weighted by Crippen LogP contribution is 2.15. The van der Waals surface area contributed by atoms with E-state index in [0.29, 0.717) is 6.04 Å². The van der Waals surface area contributed by atoms with Crippen LogP contribution in [0.5, 0.6) is 0 Å². The Balaban J connectivity index is 1.91. The molecule has 18 heavy (non-hydrogen) atoms. The Morgan fingerprint density at radius 2 is 2.06 bits per heavy atom. The van der Waals surface area contributed by atoms with Crippen LogP contribution >= 0.6 is 11.3 Å². The summed E-state index contributed by atoms with van der Waals surface area (Å²) in [6.07, 6.45) is 3.16. The molecule has 0 aliphatic rings. The van der Waals surface area contributed by atoms with Crippen LogP contribution in [0.1, 0.15) is 22.4 Å². The van der Waals surface area contributed by atoms with Crippen LogP contribution in [0.4, 0.5) is 0 Å². The van der Waals surface area contributed by atoms with E-state index in [1.807, 2.05) is 11.3 Å². The SMILES string of the molecule is Cc1ccccc1CC(CCc1cccs1)NN. The zero-order chi connectivity index (χ0) is 12.8. The van der Waals surface area contributed by atoms with Crippen molar-refractivity contribution in [3.8, 4) is 0 Å². The van der Waals surface area contributed by atoms with E-state index in [0.717, 1.165) is 19.3 Å². The summed E-state index contributed by atoms with van der Waals surface area (Å²) in [4.78, 5) is 1.43. The molecule has 2 nitrogen and oxygen atoms in total. The molecule has 0 aliphatic carbocycles. The van der Waals surface area contributed by atoms with Crippen LogP contribution in [0, 0.1) is 6.92 Å². The van der Waals surface area contributed by atoms with Crippen molar-refractivity contribution >= 4 is 11.3 Å². The largest absolute Gasteiger partial charge is 0.271 e. The first-order chi connectivity index (χ1) is 8.79. The van der Waals surface area contributed by atoms with E-state index in [9.17, 15) is 0 Å². The smallest absolute Gasteiger partial charge is 0.0254 e. The Morgan fingerprint density at radius 3 is 2.72 bits per heavy atom. The maximum Gasteiger partial charge on any atom is 0.0254 e. The molecule has 1 aromatic carbocycles. The van der Waals surface area contributed by atoms with Crippen molar-refractivity contribution in [2.24, 2.45) is 5.84 Å². The van der Waals surface area contributed by atoms with Crippen molar-refractivity contribution in [2.75, 3.05) is 0 Å². The van der Waals surface area contributed by atoms with Crippen LogP contribution in [0.25, 0.3) is 0 Å². The van der Waals surface area contributed by atoms with Crippen LogP contribution in [0.3, 0.4) is 0 Å². The van der Waals surface area contributed by atoms with Gasteiger partial charge in [0.25, 0.3) is 0 Å². The summed E-state index contributed by atoms with van der Waals surface area (Å²) < 4.78 is 0. The van der Waals surface area contributed by atoms with Crippen molar-refractivity contribution < 1.29 is 0 Å². The highest BCUT2D eigenvalue weighted by molar-refractivity contribution is 7.09. The van der Waals surface area contributed by atoms with E-state index < -0.39 is 0 Å². The molecule has 3 heteroatoms. The summed E-state index contributed by atoms with van der Waals surface area (Å²) in [6.45, 7) is 2.15. The lowest BCUT2D eigenvalue weighted by molar-refractivity contribution is 0.492. The van der Waals surface area contributed by atoms with Crippen molar-refractivity contribution in [1.82, 2.24) is 5.43 Å². The fourth-order valence-corrected chi connectivity index (χ4v) is 2.84. The van der Waals surface area contributed by atoms with Gasteiger partial charge in [-0.1, -0.05) is 30.3 Å². The van der Waals surface area contributed by atoms with E-state index in [1.54, 1.807) is 0 Å². The number of nitrogens with two attached hydrogens (primary N) is 1. The first-order valence-corrected chi connectivity index (χ1v) is 7.20. The average Bonchev–Trinajstić information content (AvgIpc) is 2.90. The van der Waals surface area contributed by atoms with Crippen LogP contribution in [0.15, 0.2) is 41.8 Å². The van der Waals surface area contributed by atoms with E-state index in [2.05, 4.69) is 54.1 Å². The summed E-state index contributed by atoms with van der Waals surface area (Å²) in [6, 6.07) is 13.1. The van der Waals surface area contributed by atoms with Gasteiger partial charge in [0.05, 0.1) is 0 Å². The molecule has 0 fully saturated rings. The van der Waals surface area contributed by atoms with Crippen molar-refractivity contribution in [2.45, 2.75) is 32.2 Å². The molecule has 0 spiro atoms. The highest BCUT2D eigenvalue weighted by atomic mass is 32.1. The molecular weight excluding hydrogens is 240 g/mol. The predicted octanol–water partition coefficient (Wildman–Crippen LogP) is 3.06. The zero-order valence-corrected chi connectivity index (χ0v) is 11.5. The number of benzene rings is 1. The van der Waals surface area contributed by atoms with Crippen molar-refractivity contribution in [3.05, 3.63) is 57.8 Å². The fraction of sp³-hybridized carbons (Fsp3) is 0.333. The first-order valence-electron chi connectivity index (χ1n) is 6.32. The third-order valence-electron chi connectivity index (χ3n) is 3.28. The van der Waals surface area contributed by atoms with Gasteiger partial charge < -0.3 is 0 Å². The van der Waals surface area contributed by atoms with Gasteiger partial charge in [0.15, 0.2) is 0 Å². The Bertz CT molecular complexity index is 465. The second-order valence-electron chi connectivity index (χ2n) is 4.61. The number of thiophene rings is 1. The van der Waals surface area contributed by atoms with Crippen LogP contribution < -0.4 is 11.3 Å². The van der Waals surface area contributed by atoms with Crippen LogP contribution in [0.2, 0.25) is 0 Å². The molecule has 1 unspecified atom stereocenters. The normalized spacial score (nSPS) is 12.6. The molecule has 1 heterocycles. The summed E-state index contributed by atoms with van der Waals surface area (Å²) in [5.41, 5.74) is 5.67. The van der Waals surface area contributed by atoms with Gasteiger partial charge in [0, 0.05) is 10.9 Å². The van der Waals surface area contributed by atoms with Gasteiger partial charge in [-0.15, -0.1) is 11.3 Å². The van der Waals surface area contributed by atoms with E-state index in [-0.39, 0.29) is 0 Å². The van der Waals surface area contributed by atoms with E-state index in [1.165, 1.54) is 16.0 Å². The summed E-state index contributed by atoms with van der Waals surface area (Å²) >= 11 is 1.82.